The minimum atomic E-state index is 0.305. The van der Waals surface area contributed by atoms with Crippen molar-refractivity contribution >= 4 is 23.8 Å². The molecule has 2 rings (SSSR count). The van der Waals surface area contributed by atoms with Crippen molar-refractivity contribution < 1.29 is 4.74 Å². The summed E-state index contributed by atoms with van der Waals surface area (Å²) in [5.41, 5.74) is 0.952. The highest BCUT2D eigenvalue weighted by atomic mass is 32.1. The van der Waals surface area contributed by atoms with E-state index < -0.39 is 0 Å². The van der Waals surface area contributed by atoms with Crippen molar-refractivity contribution in [1.29, 1.82) is 0 Å². The van der Waals surface area contributed by atoms with Gasteiger partial charge in [0.2, 0.25) is 0 Å². The lowest BCUT2D eigenvalue weighted by atomic mass is 10.1. The molecule has 2 aromatic rings. The number of H-pyrrole nitrogens is 1. The van der Waals surface area contributed by atoms with E-state index >= 15 is 0 Å². The molecule has 0 saturated carbocycles. The van der Waals surface area contributed by atoms with Crippen molar-refractivity contribution in [3.8, 4) is 10.7 Å². The summed E-state index contributed by atoms with van der Waals surface area (Å²) in [4.78, 5) is 0.966. The lowest BCUT2D eigenvalue weighted by molar-refractivity contribution is 0.187. The molecule has 8 heteroatoms. The average Bonchev–Trinajstić information content (AvgIpc) is 2.93. The molecule has 18 heavy (non-hydrogen) atoms. The summed E-state index contributed by atoms with van der Waals surface area (Å²) < 4.78 is 11.6. The zero-order valence-electron chi connectivity index (χ0n) is 10.5. The molecule has 0 amide bonds. The smallest absolute Gasteiger partial charge is 0.195 e. The first-order valence-electron chi connectivity index (χ1n) is 5.62. The molecule has 0 spiro atoms. The molecule has 0 bridgehead atoms. The van der Waals surface area contributed by atoms with Crippen molar-refractivity contribution in [2.75, 3.05) is 13.7 Å². The number of methoxy groups -OCH3 is 1. The Morgan fingerprint density at radius 2 is 2.28 bits per heavy atom. The van der Waals surface area contributed by atoms with Crippen molar-refractivity contribution in [3.63, 3.8) is 0 Å². The van der Waals surface area contributed by atoms with Crippen LogP contribution in [0, 0.1) is 4.77 Å². The van der Waals surface area contributed by atoms with Gasteiger partial charge in [0.05, 0.1) is 18.8 Å². The van der Waals surface area contributed by atoms with Gasteiger partial charge in [0.1, 0.15) is 4.88 Å². The molecule has 6 nitrogen and oxygen atoms in total. The summed E-state index contributed by atoms with van der Waals surface area (Å²) in [6.07, 6.45) is 0. The highest BCUT2D eigenvalue weighted by Crippen LogP contribution is 2.29. The van der Waals surface area contributed by atoms with Crippen molar-refractivity contribution in [3.05, 3.63) is 10.5 Å². The maximum atomic E-state index is 5.22. The molecule has 0 saturated heterocycles. The first-order chi connectivity index (χ1) is 8.65. The van der Waals surface area contributed by atoms with Crippen LogP contribution in [-0.4, -0.2) is 38.1 Å². The predicted octanol–water partition coefficient (Wildman–Crippen LogP) is 2.23. The first kappa shape index (κ1) is 13.3. The van der Waals surface area contributed by atoms with E-state index in [2.05, 4.69) is 33.6 Å². The number of rotatable bonds is 5. The fourth-order valence-corrected chi connectivity index (χ4v) is 2.65. The maximum absolute atomic E-state index is 5.22. The Morgan fingerprint density at radius 3 is 2.94 bits per heavy atom. The van der Waals surface area contributed by atoms with Gasteiger partial charge in [0.25, 0.3) is 0 Å². The molecule has 0 radical (unpaired) electrons. The van der Waals surface area contributed by atoms with Gasteiger partial charge in [-0.15, -0.1) is 5.10 Å². The third kappa shape index (κ3) is 2.50. The van der Waals surface area contributed by atoms with Crippen LogP contribution in [0.4, 0.5) is 0 Å². The second kappa shape index (κ2) is 5.68. The Labute approximate surface area is 114 Å². The lowest BCUT2D eigenvalue weighted by Crippen LogP contribution is -2.06. The molecule has 0 atom stereocenters. The summed E-state index contributed by atoms with van der Waals surface area (Å²) in [5, 5.41) is 11.2. The standard InChI is InChI=1S/C10H15N5OS2/c1-6(2)7-8(18-14-11-7)9-12-13-10(17)15(9)4-5-16-3/h6H,4-5H2,1-3H3,(H,13,17). The van der Waals surface area contributed by atoms with Gasteiger partial charge >= 0.3 is 0 Å². The van der Waals surface area contributed by atoms with Crippen LogP contribution < -0.4 is 0 Å². The Morgan fingerprint density at radius 1 is 1.50 bits per heavy atom. The van der Waals surface area contributed by atoms with Crippen LogP contribution in [0.3, 0.4) is 0 Å². The molecular formula is C10H15N5OS2. The molecule has 0 aliphatic carbocycles. The van der Waals surface area contributed by atoms with E-state index in [9.17, 15) is 0 Å². The maximum Gasteiger partial charge on any atom is 0.195 e. The third-order valence-corrected chi connectivity index (χ3v) is 3.59. The first-order valence-corrected chi connectivity index (χ1v) is 6.80. The lowest BCUT2D eigenvalue weighted by Gasteiger charge is -2.06. The van der Waals surface area contributed by atoms with Gasteiger partial charge in [-0.3, -0.25) is 9.67 Å². The van der Waals surface area contributed by atoms with Crippen LogP contribution in [0.1, 0.15) is 25.5 Å². The summed E-state index contributed by atoms with van der Waals surface area (Å²) in [6.45, 7) is 5.42. The molecule has 98 valence electrons. The zero-order chi connectivity index (χ0) is 13.1. The number of hydrogen-bond donors (Lipinski definition) is 1. The molecule has 0 fully saturated rings. The van der Waals surface area contributed by atoms with E-state index in [1.807, 2.05) is 4.57 Å². The van der Waals surface area contributed by atoms with E-state index in [4.69, 9.17) is 17.0 Å². The SMILES string of the molecule is COCCn1c(-c2snnc2C(C)C)n[nH]c1=S. The predicted molar refractivity (Wildman–Crippen MR) is 72.3 cm³/mol. The van der Waals surface area contributed by atoms with Gasteiger partial charge < -0.3 is 4.74 Å². The fraction of sp³-hybridized carbons (Fsp3) is 0.600. The van der Waals surface area contributed by atoms with Gasteiger partial charge in [-0.1, -0.05) is 18.3 Å². The van der Waals surface area contributed by atoms with E-state index in [-0.39, 0.29) is 0 Å². The van der Waals surface area contributed by atoms with E-state index in [1.165, 1.54) is 11.5 Å². The average molecular weight is 285 g/mol. The number of aromatic nitrogens is 5. The van der Waals surface area contributed by atoms with Gasteiger partial charge in [-0.05, 0) is 29.7 Å². The number of aromatic amines is 1. The second-order valence-corrected chi connectivity index (χ2v) is 5.28. The monoisotopic (exact) mass is 285 g/mol. The topological polar surface area (TPSA) is 68.6 Å². The van der Waals surface area contributed by atoms with Crippen molar-refractivity contribution in [1.82, 2.24) is 24.4 Å². The number of ether oxygens (including phenoxy) is 1. The Kier molecular flexibility index (Phi) is 4.20. The minimum Gasteiger partial charge on any atom is -0.383 e. The quantitative estimate of drug-likeness (QED) is 0.853. The molecule has 2 heterocycles. The van der Waals surface area contributed by atoms with Crippen molar-refractivity contribution in [2.24, 2.45) is 0 Å². The molecule has 0 unspecified atom stereocenters. The molecular weight excluding hydrogens is 270 g/mol. The molecule has 0 aliphatic heterocycles. The summed E-state index contributed by atoms with van der Waals surface area (Å²) in [7, 11) is 1.66. The normalized spacial score (nSPS) is 11.3. The number of nitrogens with one attached hydrogen (secondary N) is 1. The van der Waals surface area contributed by atoms with Crippen LogP contribution in [0.25, 0.3) is 10.7 Å². The van der Waals surface area contributed by atoms with E-state index in [1.54, 1.807) is 7.11 Å². The largest absolute Gasteiger partial charge is 0.383 e. The van der Waals surface area contributed by atoms with Gasteiger partial charge in [0.15, 0.2) is 10.6 Å². The Hall–Kier alpha value is -1.12. The summed E-state index contributed by atoms with van der Waals surface area (Å²) in [5.74, 6) is 1.09. The molecule has 1 N–H and O–H groups in total. The second-order valence-electron chi connectivity index (χ2n) is 4.14. The molecule has 2 aromatic heterocycles. The van der Waals surface area contributed by atoms with Crippen LogP contribution in [-0.2, 0) is 11.3 Å². The molecule has 0 aliphatic rings. The van der Waals surface area contributed by atoms with E-state index in [0.29, 0.717) is 23.8 Å². The minimum absolute atomic E-state index is 0.305. The van der Waals surface area contributed by atoms with Crippen LogP contribution in [0.2, 0.25) is 0 Å². The van der Waals surface area contributed by atoms with Crippen molar-refractivity contribution in [2.45, 2.75) is 26.3 Å². The Bertz CT molecular complexity index is 571. The van der Waals surface area contributed by atoms with Gasteiger partial charge in [-0.25, -0.2) is 0 Å². The van der Waals surface area contributed by atoms with E-state index in [0.717, 1.165) is 16.4 Å². The summed E-state index contributed by atoms with van der Waals surface area (Å²) in [6, 6.07) is 0. The van der Waals surface area contributed by atoms with Crippen LogP contribution >= 0.6 is 23.8 Å². The summed E-state index contributed by atoms with van der Waals surface area (Å²) >= 11 is 6.56. The number of hydrogen-bond acceptors (Lipinski definition) is 6. The number of nitrogens with zero attached hydrogens (tertiary/aromatic N) is 4. The fourth-order valence-electron chi connectivity index (χ4n) is 1.61. The van der Waals surface area contributed by atoms with Gasteiger partial charge in [-0.2, -0.15) is 5.10 Å². The zero-order valence-corrected chi connectivity index (χ0v) is 12.1. The highest BCUT2D eigenvalue weighted by molar-refractivity contribution is 7.71. The van der Waals surface area contributed by atoms with Crippen LogP contribution in [0.15, 0.2) is 0 Å². The van der Waals surface area contributed by atoms with Crippen LogP contribution in [0.5, 0.6) is 0 Å². The third-order valence-electron chi connectivity index (χ3n) is 2.54. The molecule has 0 aromatic carbocycles. The van der Waals surface area contributed by atoms with Gasteiger partial charge in [0, 0.05) is 7.11 Å². The highest BCUT2D eigenvalue weighted by Gasteiger charge is 2.18. The Balaban J connectivity index is 2.44.